The number of hydrogen-bond acceptors (Lipinski definition) is 4. The first-order valence-electron chi connectivity index (χ1n) is 8.57. The van der Waals surface area contributed by atoms with Crippen LogP contribution in [0.25, 0.3) is 0 Å². The number of ketones is 1. The van der Waals surface area contributed by atoms with Crippen LogP contribution in [-0.4, -0.2) is 50.4 Å². The molecule has 4 N–H and O–H groups in total. The molecule has 3 aliphatic rings. The van der Waals surface area contributed by atoms with Crippen molar-refractivity contribution in [2.24, 2.45) is 0 Å². The Balaban J connectivity index is 1.75. The van der Waals surface area contributed by atoms with Gasteiger partial charge in [-0.2, -0.15) is 0 Å². The first-order valence-corrected chi connectivity index (χ1v) is 9.56. The monoisotopic (exact) mass is 366 g/mol. The summed E-state index contributed by atoms with van der Waals surface area (Å²) in [5, 5.41) is 2.93. The number of carbonyl (C=O) groups excluding carboxylic acids is 2. The number of Topliss-reactive ketones (excluding diaryl/α,β-unsaturated/α-hetero) is 1. The number of fused-ring (bicyclic) bond motifs is 3. The zero-order valence-electron chi connectivity index (χ0n) is 14.0. The fourth-order valence-electron chi connectivity index (χ4n) is 3.64. The molecule has 1 unspecified atom stereocenters. The molecule has 8 heteroatoms. The van der Waals surface area contributed by atoms with E-state index in [-0.39, 0.29) is 23.6 Å². The SMILES string of the molecule is CCOC(=O)C1=C2SC[NH+]2c2cc([NH+]3CC[NH2+]CC3)c(F)cc2C1=O. The smallest absolute Gasteiger partial charge is 0.348 e. The van der Waals surface area contributed by atoms with Crippen molar-refractivity contribution < 1.29 is 33.8 Å². The van der Waals surface area contributed by atoms with Gasteiger partial charge in [-0.1, -0.05) is 0 Å². The van der Waals surface area contributed by atoms with Gasteiger partial charge in [0.25, 0.3) is 0 Å². The molecule has 4 rings (SSSR count). The standard InChI is InChI=1S/C17H18FN3O3S/c1-2-24-17(23)14-15(22)10-7-11(18)13(20-5-3-19-4-6-20)8-12(10)21-9-25-16(14)21/h7-8,19H,2-6,9H2,1H3/p+3. The second-order valence-corrected chi connectivity index (χ2v) is 7.35. The summed E-state index contributed by atoms with van der Waals surface area (Å²) >= 11 is 1.48. The lowest BCUT2D eigenvalue weighted by atomic mass is 9.96. The number of nitrogens with two attached hydrogens (primary N) is 1. The van der Waals surface area contributed by atoms with Gasteiger partial charge >= 0.3 is 5.97 Å². The number of thioether (sulfide) groups is 1. The molecule has 1 atom stereocenters. The van der Waals surface area contributed by atoms with Crippen LogP contribution in [0.15, 0.2) is 22.7 Å². The average molecular weight is 366 g/mol. The summed E-state index contributed by atoms with van der Waals surface area (Å²) in [5.74, 6) is -0.679. The Labute approximate surface area is 149 Å². The molecule has 0 bridgehead atoms. The van der Waals surface area contributed by atoms with Crippen molar-refractivity contribution in [3.63, 3.8) is 0 Å². The molecule has 0 aliphatic carbocycles. The maximum absolute atomic E-state index is 14.7. The van der Waals surface area contributed by atoms with Crippen LogP contribution in [0, 0.1) is 5.82 Å². The van der Waals surface area contributed by atoms with Gasteiger partial charge < -0.3 is 10.1 Å². The number of quaternary nitrogens is 3. The number of hydrogen-bond donors (Lipinski definition) is 3. The van der Waals surface area contributed by atoms with Crippen molar-refractivity contribution in [3.8, 4) is 0 Å². The van der Waals surface area contributed by atoms with E-state index in [9.17, 15) is 14.0 Å². The molecule has 132 valence electrons. The van der Waals surface area contributed by atoms with E-state index in [1.54, 1.807) is 6.92 Å². The Morgan fingerprint density at radius 3 is 2.72 bits per heavy atom. The lowest BCUT2D eigenvalue weighted by Crippen LogP contribution is -3.17. The van der Waals surface area contributed by atoms with Crippen molar-refractivity contribution >= 4 is 34.9 Å². The highest BCUT2D eigenvalue weighted by Gasteiger charge is 2.47. The maximum atomic E-state index is 14.7. The largest absolute Gasteiger partial charge is 0.462 e. The van der Waals surface area contributed by atoms with E-state index in [1.807, 2.05) is 6.07 Å². The van der Waals surface area contributed by atoms with Crippen LogP contribution >= 0.6 is 11.8 Å². The molecule has 25 heavy (non-hydrogen) atoms. The molecule has 6 nitrogen and oxygen atoms in total. The molecule has 2 fully saturated rings. The molecule has 0 spiro atoms. The highest BCUT2D eigenvalue weighted by Crippen LogP contribution is 2.34. The third-order valence-corrected chi connectivity index (χ3v) is 6.10. The first-order chi connectivity index (χ1) is 12.1. The van der Waals surface area contributed by atoms with Gasteiger partial charge in [-0.25, -0.2) is 9.18 Å². The molecule has 0 aromatic heterocycles. The number of halogens is 1. The van der Waals surface area contributed by atoms with Gasteiger partial charge in [-0.15, -0.1) is 0 Å². The highest BCUT2D eigenvalue weighted by atomic mass is 32.2. The second kappa shape index (κ2) is 6.53. The van der Waals surface area contributed by atoms with E-state index in [2.05, 4.69) is 5.32 Å². The molecule has 0 radical (unpaired) electrons. The summed E-state index contributed by atoms with van der Waals surface area (Å²) in [7, 11) is 0. The predicted molar refractivity (Wildman–Crippen MR) is 89.5 cm³/mol. The molecule has 0 saturated carbocycles. The number of ether oxygens (including phenoxy) is 1. The van der Waals surface area contributed by atoms with Crippen molar-refractivity contribution in [1.29, 1.82) is 0 Å². The minimum absolute atomic E-state index is 0.0627. The van der Waals surface area contributed by atoms with Crippen LogP contribution in [0.4, 0.5) is 15.8 Å². The van der Waals surface area contributed by atoms with Crippen molar-refractivity contribution in [2.75, 3.05) is 38.7 Å². The number of carbonyl (C=O) groups is 2. The van der Waals surface area contributed by atoms with Gasteiger partial charge in [0.15, 0.2) is 27.8 Å². The van der Waals surface area contributed by atoms with Gasteiger partial charge in [0, 0.05) is 0 Å². The molecule has 2 saturated heterocycles. The average Bonchev–Trinajstić information content (AvgIpc) is 2.59. The van der Waals surface area contributed by atoms with Crippen LogP contribution < -0.4 is 15.1 Å². The topological polar surface area (TPSA) is 68.9 Å². The minimum atomic E-state index is -0.612. The van der Waals surface area contributed by atoms with Gasteiger partial charge in [0.05, 0.1) is 18.2 Å². The number of rotatable bonds is 3. The quantitative estimate of drug-likeness (QED) is 0.432. The first kappa shape index (κ1) is 16.7. The minimum Gasteiger partial charge on any atom is -0.462 e. The van der Waals surface area contributed by atoms with E-state index < -0.39 is 11.8 Å². The third-order valence-electron chi connectivity index (χ3n) is 4.93. The van der Waals surface area contributed by atoms with Crippen molar-refractivity contribution in [3.05, 3.63) is 34.1 Å². The summed E-state index contributed by atoms with van der Waals surface area (Å²) in [4.78, 5) is 27.1. The van der Waals surface area contributed by atoms with Crippen LogP contribution in [0.2, 0.25) is 0 Å². The zero-order chi connectivity index (χ0) is 17.6. The van der Waals surface area contributed by atoms with Crippen molar-refractivity contribution in [2.45, 2.75) is 6.92 Å². The zero-order valence-corrected chi connectivity index (χ0v) is 14.8. The molecule has 1 aromatic carbocycles. The predicted octanol–water partition coefficient (Wildman–Crippen LogP) is -1.89. The Morgan fingerprint density at radius 1 is 1.32 bits per heavy atom. The van der Waals surface area contributed by atoms with E-state index in [4.69, 9.17) is 4.74 Å². The molecule has 0 amide bonds. The lowest BCUT2D eigenvalue weighted by molar-refractivity contribution is -0.896. The fourth-order valence-corrected chi connectivity index (χ4v) is 4.66. The summed E-state index contributed by atoms with van der Waals surface area (Å²) in [6, 6.07) is 3.13. The summed E-state index contributed by atoms with van der Waals surface area (Å²) in [6.45, 7) is 5.58. The summed E-state index contributed by atoms with van der Waals surface area (Å²) in [6.07, 6.45) is 0. The third kappa shape index (κ3) is 2.69. The highest BCUT2D eigenvalue weighted by molar-refractivity contribution is 8.03. The molecule has 1 aromatic rings. The van der Waals surface area contributed by atoms with Crippen LogP contribution in [0.1, 0.15) is 17.3 Å². The van der Waals surface area contributed by atoms with Crippen molar-refractivity contribution in [1.82, 2.24) is 0 Å². The number of benzene rings is 1. The van der Waals surface area contributed by atoms with E-state index >= 15 is 0 Å². The lowest BCUT2D eigenvalue weighted by Gasteiger charge is -2.34. The van der Waals surface area contributed by atoms with Gasteiger partial charge in [-0.3, -0.25) is 14.6 Å². The number of piperazine rings is 1. The summed E-state index contributed by atoms with van der Waals surface area (Å²) < 4.78 is 19.7. The van der Waals surface area contributed by atoms with E-state index in [0.29, 0.717) is 10.7 Å². The molecular weight excluding hydrogens is 345 g/mol. The van der Waals surface area contributed by atoms with Gasteiger partial charge in [0.1, 0.15) is 32.1 Å². The summed E-state index contributed by atoms with van der Waals surface area (Å²) in [5.41, 5.74) is 1.76. The Morgan fingerprint density at radius 2 is 2.08 bits per heavy atom. The Hall–Kier alpha value is -1.74. The normalized spacial score (nSPS) is 23.0. The van der Waals surface area contributed by atoms with Crippen LogP contribution in [-0.2, 0) is 9.53 Å². The Bertz CT molecular complexity index is 790. The molecular formula is C17H21FN3O3S+3. The second-order valence-electron chi connectivity index (χ2n) is 6.37. The van der Waals surface area contributed by atoms with Crippen LogP contribution in [0.3, 0.4) is 0 Å². The van der Waals surface area contributed by atoms with Gasteiger partial charge in [-0.05, 0) is 24.8 Å². The Kier molecular flexibility index (Phi) is 4.36. The molecule has 3 heterocycles. The van der Waals surface area contributed by atoms with E-state index in [0.717, 1.165) is 47.5 Å². The van der Waals surface area contributed by atoms with Crippen LogP contribution in [0.5, 0.6) is 0 Å². The van der Waals surface area contributed by atoms with E-state index in [1.165, 1.54) is 17.8 Å². The number of nitrogens with one attached hydrogen (secondary N) is 2. The van der Waals surface area contributed by atoms with Gasteiger partial charge in [0.2, 0.25) is 5.78 Å². The molecule has 3 aliphatic heterocycles. The fraction of sp³-hybridized carbons (Fsp3) is 0.412. The maximum Gasteiger partial charge on any atom is 0.348 e. The number of esters is 1.